The lowest BCUT2D eigenvalue weighted by atomic mass is 10.1. The Labute approximate surface area is 64.5 Å². The molecule has 3 heteroatoms. The van der Waals surface area contributed by atoms with Gasteiger partial charge in [-0.15, -0.1) is 0 Å². The van der Waals surface area contributed by atoms with E-state index in [0.717, 1.165) is 5.56 Å². The van der Waals surface area contributed by atoms with E-state index in [4.69, 9.17) is 5.84 Å². The number of halogens is 1. The third-order valence-corrected chi connectivity index (χ3v) is 1.46. The summed E-state index contributed by atoms with van der Waals surface area (Å²) >= 11 is 0. The number of hydrogen-bond acceptors (Lipinski definition) is 2. The molecule has 1 aromatic rings. The fraction of sp³-hybridized carbons (Fsp3) is 0.125. The molecule has 0 atom stereocenters. The van der Waals surface area contributed by atoms with Gasteiger partial charge in [-0.3, -0.25) is 0 Å². The first-order chi connectivity index (χ1) is 5.24. The second kappa shape index (κ2) is 3.14. The van der Waals surface area contributed by atoms with Crippen LogP contribution in [0, 0.1) is 5.82 Å². The Bertz CT molecular complexity index is 264. The van der Waals surface area contributed by atoms with E-state index >= 15 is 0 Å². The third-order valence-electron chi connectivity index (χ3n) is 1.46. The molecule has 1 rings (SSSR count). The highest BCUT2D eigenvalue weighted by Gasteiger charge is 1.95. The summed E-state index contributed by atoms with van der Waals surface area (Å²) in [5.41, 5.74) is 1.54. The van der Waals surface area contributed by atoms with Crippen LogP contribution in [-0.4, -0.2) is 5.71 Å². The van der Waals surface area contributed by atoms with E-state index in [-0.39, 0.29) is 5.82 Å². The van der Waals surface area contributed by atoms with Gasteiger partial charge < -0.3 is 5.84 Å². The molecule has 0 spiro atoms. The minimum Gasteiger partial charge on any atom is -0.323 e. The van der Waals surface area contributed by atoms with E-state index in [9.17, 15) is 4.39 Å². The van der Waals surface area contributed by atoms with Crippen molar-refractivity contribution in [1.29, 1.82) is 0 Å². The van der Waals surface area contributed by atoms with E-state index in [0.29, 0.717) is 5.71 Å². The molecule has 0 amide bonds. The molecule has 0 aromatic heterocycles. The van der Waals surface area contributed by atoms with Crippen LogP contribution in [0.3, 0.4) is 0 Å². The monoisotopic (exact) mass is 152 g/mol. The van der Waals surface area contributed by atoms with Crippen LogP contribution in [-0.2, 0) is 0 Å². The largest absolute Gasteiger partial charge is 0.323 e. The Morgan fingerprint density at radius 3 is 2.36 bits per heavy atom. The van der Waals surface area contributed by atoms with Crippen molar-refractivity contribution in [1.82, 2.24) is 0 Å². The van der Waals surface area contributed by atoms with E-state index in [1.165, 1.54) is 12.1 Å². The molecule has 11 heavy (non-hydrogen) atoms. The highest BCUT2D eigenvalue weighted by molar-refractivity contribution is 5.98. The van der Waals surface area contributed by atoms with Gasteiger partial charge in [-0.05, 0) is 24.6 Å². The maximum Gasteiger partial charge on any atom is 0.123 e. The minimum atomic E-state index is -0.251. The highest BCUT2D eigenvalue weighted by Crippen LogP contribution is 2.03. The first kappa shape index (κ1) is 7.72. The zero-order valence-corrected chi connectivity index (χ0v) is 6.21. The summed E-state index contributed by atoms with van der Waals surface area (Å²) in [5.74, 6) is 4.79. The molecule has 2 N–H and O–H groups in total. The fourth-order valence-electron chi connectivity index (χ4n) is 0.766. The van der Waals surface area contributed by atoms with Crippen LogP contribution < -0.4 is 5.84 Å². The van der Waals surface area contributed by atoms with Gasteiger partial charge in [0.1, 0.15) is 5.82 Å². The predicted octanol–water partition coefficient (Wildman–Crippen LogP) is 1.51. The van der Waals surface area contributed by atoms with Crippen LogP contribution in [0.5, 0.6) is 0 Å². The summed E-state index contributed by atoms with van der Waals surface area (Å²) in [5, 5.41) is 3.48. The van der Waals surface area contributed by atoms with Gasteiger partial charge in [-0.1, -0.05) is 12.1 Å². The molecule has 0 aliphatic rings. The molecular formula is C8H9FN2. The van der Waals surface area contributed by atoms with Crippen molar-refractivity contribution in [2.75, 3.05) is 0 Å². The molecule has 0 aliphatic heterocycles. The number of nitrogens with zero attached hydrogens (tertiary/aromatic N) is 1. The third kappa shape index (κ3) is 1.77. The summed E-state index contributed by atoms with van der Waals surface area (Å²) in [7, 11) is 0. The molecule has 0 aliphatic carbocycles. The van der Waals surface area contributed by atoms with Gasteiger partial charge in [0.25, 0.3) is 0 Å². The van der Waals surface area contributed by atoms with Gasteiger partial charge in [0.05, 0.1) is 5.71 Å². The summed E-state index contributed by atoms with van der Waals surface area (Å²) in [6.07, 6.45) is 0. The average Bonchev–Trinajstić information content (AvgIpc) is 2.05. The summed E-state index contributed by atoms with van der Waals surface area (Å²) in [6.45, 7) is 1.77. The van der Waals surface area contributed by atoms with Gasteiger partial charge in [-0.25, -0.2) is 4.39 Å². The molecule has 1 aromatic carbocycles. The average molecular weight is 152 g/mol. The van der Waals surface area contributed by atoms with Crippen molar-refractivity contribution < 1.29 is 4.39 Å². The van der Waals surface area contributed by atoms with Crippen molar-refractivity contribution in [2.24, 2.45) is 10.9 Å². The zero-order chi connectivity index (χ0) is 8.27. The van der Waals surface area contributed by atoms with Crippen molar-refractivity contribution >= 4 is 5.71 Å². The maximum absolute atomic E-state index is 12.4. The van der Waals surface area contributed by atoms with Crippen LogP contribution in [0.4, 0.5) is 4.39 Å². The van der Waals surface area contributed by atoms with Gasteiger partial charge in [0.2, 0.25) is 0 Å². The lowest BCUT2D eigenvalue weighted by Crippen LogP contribution is -1.98. The second-order valence-corrected chi connectivity index (χ2v) is 2.22. The smallest absolute Gasteiger partial charge is 0.123 e. The first-order valence-corrected chi connectivity index (χ1v) is 3.24. The van der Waals surface area contributed by atoms with E-state index in [1.54, 1.807) is 19.1 Å². The number of rotatable bonds is 1. The molecule has 0 fully saturated rings. The Hall–Kier alpha value is -1.38. The minimum absolute atomic E-state index is 0.251. The Morgan fingerprint density at radius 1 is 1.36 bits per heavy atom. The molecule has 2 nitrogen and oxygen atoms in total. The normalized spacial score (nSPS) is 11.6. The van der Waals surface area contributed by atoms with Crippen LogP contribution in [0.25, 0.3) is 0 Å². The van der Waals surface area contributed by atoms with Crippen LogP contribution in [0.15, 0.2) is 29.4 Å². The SMILES string of the molecule is CC(=NN)c1ccc(F)cc1. The molecule has 0 saturated carbocycles. The van der Waals surface area contributed by atoms with Crippen LogP contribution in [0.1, 0.15) is 12.5 Å². The van der Waals surface area contributed by atoms with Gasteiger partial charge in [-0.2, -0.15) is 5.10 Å². The Kier molecular flexibility index (Phi) is 2.21. The topological polar surface area (TPSA) is 38.4 Å². The van der Waals surface area contributed by atoms with Gasteiger partial charge in [0, 0.05) is 0 Å². The molecule has 0 unspecified atom stereocenters. The molecule has 0 saturated heterocycles. The van der Waals surface area contributed by atoms with Crippen molar-refractivity contribution in [2.45, 2.75) is 6.92 Å². The lowest BCUT2D eigenvalue weighted by Gasteiger charge is -1.96. The summed E-state index contributed by atoms with van der Waals surface area (Å²) in [4.78, 5) is 0. The van der Waals surface area contributed by atoms with Crippen LogP contribution in [0.2, 0.25) is 0 Å². The summed E-state index contributed by atoms with van der Waals surface area (Å²) < 4.78 is 12.4. The molecular weight excluding hydrogens is 143 g/mol. The zero-order valence-electron chi connectivity index (χ0n) is 6.21. The quantitative estimate of drug-likeness (QED) is 0.369. The van der Waals surface area contributed by atoms with Crippen molar-refractivity contribution in [3.05, 3.63) is 35.6 Å². The molecule has 0 bridgehead atoms. The fourth-order valence-corrected chi connectivity index (χ4v) is 0.766. The van der Waals surface area contributed by atoms with E-state index in [2.05, 4.69) is 5.10 Å². The Morgan fingerprint density at radius 2 is 1.91 bits per heavy atom. The number of hydrazone groups is 1. The van der Waals surface area contributed by atoms with Crippen molar-refractivity contribution in [3.63, 3.8) is 0 Å². The maximum atomic E-state index is 12.4. The van der Waals surface area contributed by atoms with E-state index in [1.807, 2.05) is 0 Å². The predicted molar refractivity (Wildman–Crippen MR) is 42.8 cm³/mol. The highest BCUT2D eigenvalue weighted by atomic mass is 19.1. The number of hydrogen-bond donors (Lipinski definition) is 1. The second-order valence-electron chi connectivity index (χ2n) is 2.22. The number of nitrogens with two attached hydrogens (primary N) is 1. The Balaban J connectivity index is 2.99. The van der Waals surface area contributed by atoms with Gasteiger partial charge >= 0.3 is 0 Å². The molecule has 0 heterocycles. The standard InChI is InChI=1S/C8H9FN2/c1-6(11-10)7-2-4-8(9)5-3-7/h2-5H,10H2,1H3. The van der Waals surface area contributed by atoms with Crippen molar-refractivity contribution in [3.8, 4) is 0 Å². The van der Waals surface area contributed by atoms with Gasteiger partial charge in [0.15, 0.2) is 0 Å². The van der Waals surface area contributed by atoms with Crippen LogP contribution >= 0.6 is 0 Å². The number of benzene rings is 1. The summed E-state index contributed by atoms with van der Waals surface area (Å²) in [6, 6.07) is 6.04. The molecule has 58 valence electrons. The first-order valence-electron chi connectivity index (χ1n) is 3.24. The molecule has 0 radical (unpaired) electrons. The lowest BCUT2D eigenvalue weighted by molar-refractivity contribution is 0.628. The van der Waals surface area contributed by atoms with E-state index < -0.39 is 0 Å².